The third-order valence-electron chi connectivity index (χ3n) is 7.42. The maximum Gasteiger partial charge on any atom is 0.251 e. The topological polar surface area (TPSA) is 41.6 Å². The highest BCUT2D eigenvalue weighted by Gasteiger charge is 2.17. The second kappa shape index (κ2) is 12.4. The van der Waals surface area contributed by atoms with Gasteiger partial charge in [0.25, 0.3) is 5.91 Å². The molecule has 1 N–H and O–H groups in total. The maximum atomic E-state index is 13.3. The van der Waals surface area contributed by atoms with Crippen LogP contribution in [0.25, 0.3) is 17.2 Å². The molecule has 0 heterocycles. The number of nitrogens with zero attached hydrogens (tertiary/aromatic N) is 1. The van der Waals surface area contributed by atoms with E-state index in [-0.39, 0.29) is 5.91 Å². The van der Waals surface area contributed by atoms with Crippen molar-refractivity contribution in [3.8, 4) is 16.9 Å². The van der Waals surface area contributed by atoms with Gasteiger partial charge in [0.15, 0.2) is 0 Å². The molecule has 3 aromatic carbocycles. The Balaban J connectivity index is 1.47. The number of hydrogen-bond donors (Lipinski definition) is 1. The molecule has 1 aliphatic carbocycles. The molecule has 1 amide bonds. The Hall–Kier alpha value is -3.37. The number of nitrogens with one attached hydrogen (secondary N) is 1. The summed E-state index contributed by atoms with van der Waals surface area (Å²) in [5.74, 6) is 0.775. The number of fused-ring (bicyclic) bond motifs is 1. The molecule has 0 saturated heterocycles. The zero-order chi connectivity index (χ0) is 27.2. The smallest absolute Gasteiger partial charge is 0.251 e. The van der Waals surface area contributed by atoms with E-state index in [1.54, 1.807) is 0 Å². The van der Waals surface area contributed by atoms with Crippen molar-refractivity contribution in [2.45, 2.75) is 72.9 Å². The molecule has 4 rings (SSSR count). The van der Waals surface area contributed by atoms with Gasteiger partial charge in [0, 0.05) is 36.0 Å². The molecule has 0 radical (unpaired) electrons. The standard InChI is InChI=1S/C34H42N2O2/c1-23(2)36(24(3)4)18-19-38-33-22-32(17-12-26(33)6)35-34(37)30-9-7-8-27-15-16-29(20-31(27)21-30)28-13-10-25(5)11-14-28/h10-17,20-24H,7-9,18-19H2,1-6H3,(H,35,37). The lowest BCUT2D eigenvalue weighted by atomic mass is 9.97. The van der Waals surface area contributed by atoms with Crippen LogP contribution >= 0.6 is 0 Å². The van der Waals surface area contributed by atoms with Crippen molar-refractivity contribution in [2.24, 2.45) is 0 Å². The maximum absolute atomic E-state index is 13.3. The zero-order valence-electron chi connectivity index (χ0n) is 23.8. The molecule has 0 fully saturated rings. The fourth-order valence-electron chi connectivity index (χ4n) is 5.21. The molecule has 0 aromatic heterocycles. The summed E-state index contributed by atoms with van der Waals surface area (Å²) in [5.41, 5.74) is 8.70. The van der Waals surface area contributed by atoms with Crippen LogP contribution in [0.1, 0.15) is 62.8 Å². The number of ether oxygens (including phenoxy) is 1. The Bertz CT molecular complexity index is 1280. The van der Waals surface area contributed by atoms with E-state index in [2.05, 4.69) is 93.4 Å². The molecule has 200 valence electrons. The lowest BCUT2D eigenvalue weighted by Gasteiger charge is -2.30. The van der Waals surface area contributed by atoms with Crippen LogP contribution in [0.5, 0.6) is 5.75 Å². The van der Waals surface area contributed by atoms with Gasteiger partial charge in [-0.25, -0.2) is 0 Å². The summed E-state index contributed by atoms with van der Waals surface area (Å²) in [6.45, 7) is 14.5. The number of aryl methyl sites for hydroxylation is 3. The quantitative estimate of drug-likeness (QED) is 0.319. The van der Waals surface area contributed by atoms with E-state index in [1.165, 1.54) is 22.3 Å². The fourth-order valence-corrected chi connectivity index (χ4v) is 5.21. The summed E-state index contributed by atoms with van der Waals surface area (Å²) in [4.78, 5) is 15.8. The third-order valence-corrected chi connectivity index (χ3v) is 7.42. The molecule has 0 bridgehead atoms. The Kier molecular flexibility index (Phi) is 9.06. The van der Waals surface area contributed by atoms with Gasteiger partial charge in [-0.3, -0.25) is 9.69 Å². The van der Waals surface area contributed by atoms with Crippen molar-refractivity contribution in [1.82, 2.24) is 4.90 Å². The first-order valence-electron chi connectivity index (χ1n) is 13.9. The highest BCUT2D eigenvalue weighted by atomic mass is 16.5. The number of benzene rings is 3. The van der Waals surface area contributed by atoms with Crippen molar-refractivity contribution in [3.05, 3.63) is 88.5 Å². The summed E-state index contributed by atoms with van der Waals surface area (Å²) >= 11 is 0. The Morgan fingerprint density at radius 2 is 1.61 bits per heavy atom. The van der Waals surface area contributed by atoms with E-state index >= 15 is 0 Å². The fraction of sp³-hybridized carbons (Fsp3) is 0.382. The lowest BCUT2D eigenvalue weighted by molar-refractivity contribution is -0.112. The van der Waals surface area contributed by atoms with Gasteiger partial charge in [-0.15, -0.1) is 0 Å². The van der Waals surface area contributed by atoms with Gasteiger partial charge >= 0.3 is 0 Å². The highest BCUT2D eigenvalue weighted by molar-refractivity contribution is 6.07. The molecule has 3 aromatic rings. The van der Waals surface area contributed by atoms with Crippen LogP contribution in [-0.4, -0.2) is 36.0 Å². The van der Waals surface area contributed by atoms with Crippen molar-refractivity contribution < 1.29 is 9.53 Å². The largest absolute Gasteiger partial charge is 0.492 e. The molecule has 0 saturated carbocycles. The van der Waals surface area contributed by atoms with Crippen LogP contribution in [0.15, 0.2) is 66.2 Å². The molecule has 0 unspecified atom stereocenters. The van der Waals surface area contributed by atoms with E-state index in [9.17, 15) is 4.79 Å². The number of rotatable bonds is 9. The van der Waals surface area contributed by atoms with Gasteiger partial charge < -0.3 is 10.1 Å². The summed E-state index contributed by atoms with van der Waals surface area (Å²) in [5, 5.41) is 3.13. The molecular formula is C34H42N2O2. The summed E-state index contributed by atoms with van der Waals surface area (Å²) in [7, 11) is 0. The van der Waals surface area contributed by atoms with Crippen molar-refractivity contribution >= 4 is 17.7 Å². The monoisotopic (exact) mass is 510 g/mol. The highest BCUT2D eigenvalue weighted by Crippen LogP contribution is 2.30. The van der Waals surface area contributed by atoms with E-state index in [0.717, 1.165) is 53.9 Å². The van der Waals surface area contributed by atoms with Gasteiger partial charge in [-0.1, -0.05) is 48.0 Å². The molecular weight excluding hydrogens is 468 g/mol. The molecule has 38 heavy (non-hydrogen) atoms. The van der Waals surface area contributed by atoms with E-state index in [1.807, 2.05) is 25.1 Å². The summed E-state index contributed by atoms with van der Waals surface area (Å²) in [6.07, 6.45) is 4.77. The Morgan fingerprint density at radius 3 is 2.32 bits per heavy atom. The molecule has 1 aliphatic rings. The van der Waals surface area contributed by atoms with Crippen LogP contribution < -0.4 is 10.1 Å². The van der Waals surface area contributed by atoms with Crippen molar-refractivity contribution in [1.29, 1.82) is 0 Å². The Morgan fingerprint density at radius 1 is 0.895 bits per heavy atom. The lowest BCUT2D eigenvalue weighted by Crippen LogP contribution is -2.39. The second-order valence-corrected chi connectivity index (χ2v) is 11.0. The van der Waals surface area contributed by atoms with E-state index in [0.29, 0.717) is 18.7 Å². The first-order chi connectivity index (χ1) is 18.2. The summed E-state index contributed by atoms with van der Waals surface area (Å²) in [6, 6.07) is 22.1. The van der Waals surface area contributed by atoms with Gasteiger partial charge in [0.1, 0.15) is 12.4 Å². The minimum absolute atomic E-state index is 0.0424. The number of hydrogen-bond acceptors (Lipinski definition) is 3. The molecule has 0 aliphatic heterocycles. The van der Waals surface area contributed by atoms with Crippen LogP contribution in [0, 0.1) is 13.8 Å². The zero-order valence-corrected chi connectivity index (χ0v) is 23.8. The van der Waals surface area contributed by atoms with Crippen molar-refractivity contribution in [3.63, 3.8) is 0 Å². The van der Waals surface area contributed by atoms with E-state index < -0.39 is 0 Å². The first-order valence-corrected chi connectivity index (χ1v) is 13.9. The number of anilines is 1. The molecule has 4 nitrogen and oxygen atoms in total. The second-order valence-electron chi connectivity index (χ2n) is 11.0. The molecule has 4 heteroatoms. The minimum atomic E-state index is -0.0424. The average Bonchev–Trinajstić information content (AvgIpc) is 3.10. The van der Waals surface area contributed by atoms with Crippen LogP contribution in [0.3, 0.4) is 0 Å². The summed E-state index contributed by atoms with van der Waals surface area (Å²) < 4.78 is 6.16. The third kappa shape index (κ3) is 6.93. The van der Waals surface area contributed by atoms with E-state index in [4.69, 9.17) is 4.74 Å². The van der Waals surface area contributed by atoms with Crippen LogP contribution in [-0.2, 0) is 11.2 Å². The van der Waals surface area contributed by atoms with Gasteiger partial charge in [-0.05, 0) is 107 Å². The number of carbonyl (C=O) groups is 1. The number of carbonyl (C=O) groups excluding carboxylic acids is 1. The van der Waals surface area contributed by atoms with Crippen molar-refractivity contribution in [2.75, 3.05) is 18.5 Å². The predicted molar refractivity (Wildman–Crippen MR) is 160 cm³/mol. The molecule has 0 spiro atoms. The van der Waals surface area contributed by atoms with Crippen LogP contribution in [0.4, 0.5) is 5.69 Å². The Labute approximate surface area is 228 Å². The average molecular weight is 511 g/mol. The number of amides is 1. The predicted octanol–water partition coefficient (Wildman–Crippen LogP) is 7.83. The normalized spacial score (nSPS) is 13.3. The SMILES string of the molecule is Cc1ccc(-c2ccc3c(c2)C=C(C(=O)Nc2ccc(C)c(OCCN(C(C)C)C(C)C)c2)CCC3)cc1. The first kappa shape index (κ1) is 27.7. The van der Waals surface area contributed by atoms with Gasteiger partial charge in [0.05, 0.1) is 0 Å². The minimum Gasteiger partial charge on any atom is -0.492 e. The van der Waals surface area contributed by atoms with Gasteiger partial charge in [0.2, 0.25) is 0 Å². The van der Waals surface area contributed by atoms with Gasteiger partial charge in [-0.2, -0.15) is 0 Å². The molecule has 0 atom stereocenters. The van der Waals surface area contributed by atoms with Crippen LogP contribution in [0.2, 0.25) is 0 Å².